The molecular formula is C19H16F3N3O2S. The van der Waals surface area contributed by atoms with Crippen molar-refractivity contribution in [3.05, 3.63) is 62.0 Å². The molecule has 146 valence electrons. The number of fused-ring (bicyclic) bond motifs is 2. The zero-order valence-electron chi connectivity index (χ0n) is 14.9. The highest BCUT2D eigenvalue weighted by molar-refractivity contribution is 7.20. The number of hydrogen-bond acceptors (Lipinski definition) is 4. The Morgan fingerprint density at radius 2 is 2.00 bits per heavy atom. The lowest BCUT2D eigenvalue weighted by Gasteiger charge is -2.08. The maximum absolute atomic E-state index is 12.7. The molecule has 5 nitrogen and oxygen atoms in total. The predicted octanol–water partition coefficient (Wildman–Crippen LogP) is 3.66. The second kappa shape index (κ2) is 6.73. The number of aryl methyl sites for hydroxylation is 2. The molecule has 1 amide bonds. The minimum Gasteiger partial charge on any atom is -0.347 e. The third-order valence-electron chi connectivity index (χ3n) is 4.85. The number of nitrogens with one attached hydrogen (secondary N) is 1. The first-order valence-corrected chi connectivity index (χ1v) is 9.54. The van der Waals surface area contributed by atoms with Crippen LogP contribution in [0.5, 0.6) is 0 Å². The van der Waals surface area contributed by atoms with E-state index in [-0.39, 0.29) is 18.0 Å². The number of carbonyl (C=O) groups excluding carboxylic acids is 1. The van der Waals surface area contributed by atoms with E-state index in [1.807, 2.05) is 0 Å². The van der Waals surface area contributed by atoms with Gasteiger partial charge in [0.15, 0.2) is 0 Å². The van der Waals surface area contributed by atoms with Crippen molar-refractivity contribution < 1.29 is 18.0 Å². The van der Waals surface area contributed by atoms with Gasteiger partial charge in [-0.05, 0) is 36.6 Å². The summed E-state index contributed by atoms with van der Waals surface area (Å²) < 4.78 is 39.5. The third kappa shape index (κ3) is 3.19. The molecule has 1 aromatic carbocycles. The number of alkyl halides is 3. The highest BCUT2D eigenvalue weighted by Gasteiger charge is 2.30. The number of halogens is 3. The highest BCUT2D eigenvalue weighted by Crippen LogP contribution is 2.30. The van der Waals surface area contributed by atoms with E-state index in [2.05, 4.69) is 10.3 Å². The molecule has 0 saturated heterocycles. The summed E-state index contributed by atoms with van der Waals surface area (Å²) in [5, 5.41) is 3.17. The number of thiophene rings is 1. The van der Waals surface area contributed by atoms with Crippen LogP contribution in [0.3, 0.4) is 0 Å². The summed E-state index contributed by atoms with van der Waals surface area (Å²) in [5.41, 5.74) is 0.289. The van der Waals surface area contributed by atoms with Gasteiger partial charge in [-0.15, -0.1) is 11.3 Å². The first-order chi connectivity index (χ1) is 13.3. The van der Waals surface area contributed by atoms with Crippen LogP contribution in [0.1, 0.15) is 38.6 Å². The van der Waals surface area contributed by atoms with Crippen molar-refractivity contribution in [2.24, 2.45) is 0 Å². The zero-order valence-corrected chi connectivity index (χ0v) is 15.7. The first-order valence-electron chi connectivity index (χ1n) is 8.73. The van der Waals surface area contributed by atoms with Gasteiger partial charge in [0.25, 0.3) is 11.5 Å². The van der Waals surface area contributed by atoms with Crippen molar-refractivity contribution in [1.82, 2.24) is 14.9 Å². The Morgan fingerprint density at radius 1 is 1.29 bits per heavy atom. The van der Waals surface area contributed by atoms with Gasteiger partial charge in [-0.2, -0.15) is 13.2 Å². The Morgan fingerprint density at radius 3 is 2.68 bits per heavy atom. The van der Waals surface area contributed by atoms with E-state index >= 15 is 0 Å². The van der Waals surface area contributed by atoms with Crippen LogP contribution < -0.4 is 10.9 Å². The van der Waals surface area contributed by atoms with Crippen LogP contribution in [0.2, 0.25) is 0 Å². The van der Waals surface area contributed by atoms with E-state index in [0.717, 1.165) is 30.8 Å². The normalized spacial score (nSPS) is 13.7. The van der Waals surface area contributed by atoms with E-state index < -0.39 is 11.7 Å². The summed E-state index contributed by atoms with van der Waals surface area (Å²) in [7, 11) is 0. The lowest BCUT2D eigenvalue weighted by Crippen LogP contribution is -2.23. The quantitative estimate of drug-likeness (QED) is 0.721. The Labute approximate surface area is 161 Å². The highest BCUT2D eigenvalue weighted by atomic mass is 32.1. The van der Waals surface area contributed by atoms with Crippen LogP contribution in [-0.2, 0) is 25.7 Å². The average Bonchev–Trinajstić information content (AvgIpc) is 3.24. The molecule has 2 aromatic heterocycles. The molecule has 0 saturated carbocycles. The van der Waals surface area contributed by atoms with Crippen molar-refractivity contribution in [2.45, 2.75) is 39.0 Å². The van der Waals surface area contributed by atoms with Gasteiger partial charge in [0.2, 0.25) is 0 Å². The Bertz CT molecular complexity index is 1130. The van der Waals surface area contributed by atoms with E-state index in [0.29, 0.717) is 32.8 Å². The van der Waals surface area contributed by atoms with E-state index in [1.165, 1.54) is 23.5 Å². The topological polar surface area (TPSA) is 64.0 Å². The zero-order chi connectivity index (χ0) is 20.1. The lowest BCUT2D eigenvalue weighted by molar-refractivity contribution is -0.137. The van der Waals surface area contributed by atoms with Gasteiger partial charge in [0.1, 0.15) is 10.7 Å². The van der Waals surface area contributed by atoms with Gasteiger partial charge in [-0.1, -0.05) is 12.1 Å². The fourth-order valence-electron chi connectivity index (χ4n) is 3.37. The van der Waals surface area contributed by atoms with Crippen LogP contribution in [0.25, 0.3) is 10.2 Å². The van der Waals surface area contributed by atoms with E-state index in [4.69, 9.17) is 0 Å². The van der Waals surface area contributed by atoms with Gasteiger partial charge in [0.05, 0.1) is 15.8 Å². The van der Waals surface area contributed by atoms with Gasteiger partial charge in [-0.3, -0.25) is 14.2 Å². The molecule has 4 rings (SSSR count). The molecule has 9 heteroatoms. The molecule has 0 radical (unpaired) electrons. The van der Waals surface area contributed by atoms with Gasteiger partial charge in [-0.25, -0.2) is 4.98 Å². The molecule has 28 heavy (non-hydrogen) atoms. The van der Waals surface area contributed by atoms with Crippen LogP contribution in [-0.4, -0.2) is 15.5 Å². The monoisotopic (exact) mass is 407 g/mol. The Hall–Kier alpha value is -2.68. The van der Waals surface area contributed by atoms with Crippen molar-refractivity contribution in [3.63, 3.8) is 0 Å². The maximum atomic E-state index is 12.7. The summed E-state index contributed by atoms with van der Waals surface area (Å²) in [6.07, 6.45) is -2.76. The number of carbonyl (C=O) groups is 1. The SMILES string of the molecule is Cc1c(C(=O)NCc2ccc(C(F)(F)F)cc2)sc2nc3n(c(=O)c12)CCC3. The van der Waals surface area contributed by atoms with Gasteiger partial charge >= 0.3 is 6.18 Å². The number of benzene rings is 1. The van der Waals surface area contributed by atoms with Crippen LogP contribution in [0.15, 0.2) is 29.1 Å². The second-order valence-corrected chi connectivity index (χ2v) is 7.70. The van der Waals surface area contributed by atoms with E-state index in [1.54, 1.807) is 11.5 Å². The standard InChI is InChI=1S/C19H16F3N3O2S/c1-10-14-17(24-13-3-2-8-25(13)18(14)27)28-15(10)16(26)23-9-11-4-6-12(7-5-11)19(20,21)22/h4-7H,2-3,8-9H2,1H3,(H,23,26). The molecule has 0 aliphatic carbocycles. The number of rotatable bonds is 3. The fraction of sp³-hybridized carbons (Fsp3) is 0.316. The number of aromatic nitrogens is 2. The number of nitrogens with zero attached hydrogens (tertiary/aromatic N) is 2. The molecule has 1 N–H and O–H groups in total. The summed E-state index contributed by atoms with van der Waals surface area (Å²) in [6.45, 7) is 2.45. The van der Waals surface area contributed by atoms with Crippen LogP contribution in [0.4, 0.5) is 13.2 Å². The van der Waals surface area contributed by atoms with Crippen molar-refractivity contribution in [2.75, 3.05) is 0 Å². The van der Waals surface area contributed by atoms with Crippen molar-refractivity contribution in [3.8, 4) is 0 Å². The summed E-state index contributed by atoms with van der Waals surface area (Å²) >= 11 is 1.17. The Balaban J connectivity index is 1.56. The number of hydrogen-bond donors (Lipinski definition) is 1. The minimum atomic E-state index is -4.39. The molecule has 1 aliphatic rings. The average molecular weight is 407 g/mol. The molecule has 0 fully saturated rings. The van der Waals surface area contributed by atoms with Crippen LogP contribution in [0, 0.1) is 6.92 Å². The molecule has 3 aromatic rings. The first kappa shape index (κ1) is 18.7. The van der Waals surface area contributed by atoms with Gasteiger partial charge < -0.3 is 5.32 Å². The molecule has 0 unspecified atom stereocenters. The maximum Gasteiger partial charge on any atom is 0.416 e. The second-order valence-electron chi connectivity index (χ2n) is 6.70. The molecule has 0 bridgehead atoms. The van der Waals surface area contributed by atoms with Crippen molar-refractivity contribution in [1.29, 1.82) is 0 Å². The molecule has 0 spiro atoms. The third-order valence-corrected chi connectivity index (χ3v) is 6.04. The summed E-state index contributed by atoms with van der Waals surface area (Å²) in [5.74, 6) is 0.375. The smallest absolute Gasteiger partial charge is 0.347 e. The number of amides is 1. The van der Waals surface area contributed by atoms with Gasteiger partial charge in [0, 0.05) is 19.5 Å². The largest absolute Gasteiger partial charge is 0.416 e. The van der Waals surface area contributed by atoms with Crippen molar-refractivity contribution >= 4 is 27.5 Å². The van der Waals surface area contributed by atoms with Crippen LogP contribution >= 0.6 is 11.3 Å². The Kier molecular flexibility index (Phi) is 4.49. The molecule has 0 atom stereocenters. The molecule has 1 aliphatic heterocycles. The molecule has 3 heterocycles. The predicted molar refractivity (Wildman–Crippen MR) is 99.6 cm³/mol. The molecular weight excluding hydrogens is 391 g/mol. The van der Waals surface area contributed by atoms with E-state index in [9.17, 15) is 22.8 Å². The fourth-order valence-corrected chi connectivity index (χ4v) is 4.47. The summed E-state index contributed by atoms with van der Waals surface area (Å²) in [4.78, 5) is 30.7. The summed E-state index contributed by atoms with van der Waals surface area (Å²) in [6, 6.07) is 4.63. The minimum absolute atomic E-state index is 0.0908. The lowest BCUT2D eigenvalue weighted by atomic mass is 10.1.